The van der Waals surface area contributed by atoms with E-state index in [1.54, 1.807) is 35.2 Å². The number of aromatic carboxylic acids is 1. The van der Waals surface area contributed by atoms with E-state index in [9.17, 15) is 19.5 Å². The van der Waals surface area contributed by atoms with E-state index in [0.717, 1.165) is 5.56 Å². The van der Waals surface area contributed by atoms with E-state index < -0.39 is 20.3 Å². The van der Waals surface area contributed by atoms with Gasteiger partial charge in [-0.25, -0.2) is 4.79 Å². The lowest BCUT2D eigenvalue weighted by Gasteiger charge is -2.37. The molecule has 3 rings (SSSR count). The van der Waals surface area contributed by atoms with E-state index in [1.807, 2.05) is 0 Å². The van der Waals surface area contributed by atoms with Crippen LogP contribution in [0.1, 0.15) is 59.0 Å². The number of hydrogen-bond acceptors (Lipinski definition) is 4. The van der Waals surface area contributed by atoms with Gasteiger partial charge in [-0.3, -0.25) is 9.59 Å². The molecular weight excluding hydrogens is 470 g/mol. The number of fused-ring (bicyclic) bond motifs is 1. The highest BCUT2D eigenvalue weighted by Gasteiger charge is 2.39. The largest absolute Gasteiger partial charge is 0.478 e. The molecule has 0 fully saturated rings. The van der Waals surface area contributed by atoms with Crippen LogP contribution in [0.4, 0.5) is 0 Å². The molecule has 1 atom stereocenters. The van der Waals surface area contributed by atoms with E-state index in [1.165, 1.54) is 12.1 Å². The van der Waals surface area contributed by atoms with Gasteiger partial charge in [-0.05, 0) is 66.0 Å². The highest BCUT2D eigenvalue weighted by atomic mass is 35.5. The number of rotatable bonds is 7. The Bertz CT molecular complexity index is 1090. The van der Waals surface area contributed by atoms with Crippen LogP contribution in [0.25, 0.3) is 0 Å². The predicted octanol–water partition coefficient (Wildman–Crippen LogP) is 5.59. The Hall–Kier alpha value is -2.48. The van der Waals surface area contributed by atoms with Crippen molar-refractivity contribution in [3.8, 4) is 0 Å². The SMILES string of the molecule is CC(C)(C)[Si](C)(C)OCC[C@@H]1C(=O)Cc2cc(Cl)ccc2C(=O)N1Cc1ccc(C(=O)O)cc1. The summed E-state index contributed by atoms with van der Waals surface area (Å²) in [6.07, 6.45) is 0.521. The van der Waals surface area contributed by atoms with E-state index in [4.69, 9.17) is 16.0 Å². The van der Waals surface area contributed by atoms with Crippen molar-refractivity contribution >= 4 is 37.6 Å². The zero-order valence-corrected chi connectivity index (χ0v) is 22.1. The Balaban J connectivity index is 1.91. The number of Topliss-reactive ketones (excluding diaryl/α,β-unsaturated/α-hetero) is 1. The summed E-state index contributed by atoms with van der Waals surface area (Å²) in [6.45, 7) is 11.4. The maximum Gasteiger partial charge on any atom is 0.335 e. The van der Waals surface area contributed by atoms with Crippen LogP contribution in [0, 0.1) is 0 Å². The van der Waals surface area contributed by atoms with Crippen molar-refractivity contribution in [3.63, 3.8) is 0 Å². The number of halogens is 1. The molecule has 0 spiro atoms. The Kier molecular flexibility index (Phi) is 7.70. The van der Waals surface area contributed by atoms with Gasteiger partial charge in [-0.15, -0.1) is 0 Å². The number of nitrogens with zero attached hydrogens (tertiary/aromatic N) is 1. The normalized spacial score (nSPS) is 16.9. The molecule has 1 N–H and O–H groups in total. The number of carbonyl (C=O) groups excluding carboxylic acids is 2. The van der Waals surface area contributed by atoms with Crippen molar-refractivity contribution < 1.29 is 23.9 Å². The number of ketones is 1. The Labute approximate surface area is 207 Å². The zero-order valence-electron chi connectivity index (χ0n) is 20.4. The molecule has 1 aliphatic heterocycles. The predicted molar refractivity (Wildman–Crippen MR) is 135 cm³/mol. The molecule has 0 aliphatic carbocycles. The molecule has 1 amide bonds. The van der Waals surface area contributed by atoms with Gasteiger partial charge in [0, 0.05) is 30.2 Å². The van der Waals surface area contributed by atoms with Crippen LogP contribution in [0.3, 0.4) is 0 Å². The summed E-state index contributed by atoms with van der Waals surface area (Å²) >= 11 is 6.15. The fourth-order valence-corrected chi connectivity index (χ4v) is 5.04. The molecule has 0 bridgehead atoms. The summed E-state index contributed by atoms with van der Waals surface area (Å²) in [4.78, 5) is 39.8. The number of carboxylic acid groups (broad SMARTS) is 1. The van der Waals surface area contributed by atoms with Crippen LogP contribution in [-0.2, 0) is 22.2 Å². The molecule has 2 aromatic rings. The molecule has 34 heavy (non-hydrogen) atoms. The zero-order chi connectivity index (χ0) is 25.3. The lowest BCUT2D eigenvalue weighted by atomic mass is 10.0. The molecule has 0 saturated carbocycles. The first-order valence-electron chi connectivity index (χ1n) is 11.4. The second-order valence-electron chi connectivity index (χ2n) is 10.3. The van der Waals surface area contributed by atoms with E-state index in [2.05, 4.69) is 33.9 Å². The molecule has 6 nitrogen and oxygen atoms in total. The van der Waals surface area contributed by atoms with Crippen molar-refractivity contribution in [2.24, 2.45) is 0 Å². The van der Waals surface area contributed by atoms with Gasteiger partial charge < -0.3 is 14.4 Å². The number of amides is 1. The molecule has 1 aliphatic rings. The van der Waals surface area contributed by atoms with Crippen LogP contribution < -0.4 is 0 Å². The molecule has 0 radical (unpaired) electrons. The van der Waals surface area contributed by atoms with E-state index >= 15 is 0 Å². The van der Waals surface area contributed by atoms with Crippen LogP contribution in [0.2, 0.25) is 23.2 Å². The maximum absolute atomic E-state index is 13.6. The molecule has 182 valence electrons. The molecule has 2 aromatic carbocycles. The summed E-state index contributed by atoms with van der Waals surface area (Å²) in [5.74, 6) is -1.31. The third-order valence-electron chi connectivity index (χ3n) is 6.89. The molecular formula is C26H32ClNO5Si. The topological polar surface area (TPSA) is 83.9 Å². The van der Waals surface area contributed by atoms with Crippen molar-refractivity contribution in [1.29, 1.82) is 0 Å². The first kappa shape index (κ1) is 26.1. The second kappa shape index (κ2) is 10.0. The van der Waals surface area contributed by atoms with Gasteiger partial charge in [-0.2, -0.15) is 0 Å². The third kappa shape index (κ3) is 5.77. The highest BCUT2D eigenvalue weighted by molar-refractivity contribution is 6.74. The molecule has 0 aromatic heterocycles. The smallest absolute Gasteiger partial charge is 0.335 e. The van der Waals surface area contributed by atoms with Crippen LogP contribution >= 0.6 is 11.6 Å². The fraction of sp³-hybridized carbons (Fsp3) is 0.423. The standard InChI is InChI=1S/C26H32ClNO5Si/c1-26(2,3)34(4,5)33-13-12-22-23(29)15-19-14-20(27)10-11-21(19)24(30)28(22)16-17-6-8-18(9-7-17)25(31)32/h6-11,14,22H,12-13,15-16H2,1-5H3,(H,31,32)/t22-/m1/s1. The minimum atomic E-state index is -2.01. The lowest BCUT2D eigenvalue weighted by molar-refractivity contribution is -0.123. The van der Waals surface area contributed by atoms with Crippen LogP contribution in [-0.4, -0.2) is 48.6 Å². The third-order valence-corrected chi connectivity index (χ3v) is 11.7. The number of carboxylic acids is 1. The van der Waals surface area contributed by atoms with Gasteiger partial charge in [0.15, 0.2) is 14.1 Å². The summed E-state index contributed by atoms with van der Waals surface area (Å²) in [7, 11) is -2.01. The van der Waals surface area contributed by atoms with E-state index in [0.29, 0.717) is 29.2 Å². The Morgan fingerprint density at radius 1 is 1.15 bits per heavy atom. The maximum atomic E-state index is 13.6. The minimum Gasteiger partial charge on any atom is -0.478 e. The van der Waals surface area contributed by atoms with Gasteiger partial charge in [0.25, 0.3) is 5.91 Å². The first-order valence-corrected chi connectivity index (χ1v) is 14.7. The molecule has 0 saturated heterocycles. The van der Waals surface area contributed by atoms with Crippen molar-refractivity contribution in [2.75, 3.05) is 6.61 Å². The van der Waals surface area contributed by atoms with Gasteiger partial charge in [0.2, 0.25) is 0 Å². The Morgan fingerprint density at radius 3 is 2.38 bits per heavy atom. The summed E-state index contributed by atoms with van der Waals surface area (Å²) in [5.41, 5.74) is 2.01. The molecule has 1 heterocycles. The number of benzene rings is 2. The van der Waals surface area contributed by atoms with Crippen molar-refractivity contribution in [2.45, 2.75) is 64.3 Å². The van der Waals surface area contributed by atoms with Gasteiger partial charge >= 0.3 is 5.97 Å². The quantitative estimate of drug-likeness (QED) is 0.500. The van der Waals surface area contributed by atoms with Gasteiger partial charge in [0.05, 0.1) is 11.6 Å². The van der Waals surface area contributed by atoms with Crippen molar-refractivity contribution in [3.05, 3.63) is 69.7 Å². The average Bonchev–Trinajstić information content (AvgIpc) is 2.83. The monoisotopic (exact) mass is 501 g/mol. The molecule has 0 unspecified atom stereocenters. The highest BCUT2D eigenvalue weighted by Crippen LogP contribution is 2.37. The van der Waals surface area contributed by atoms with Crippen LogP contribution in [0.15, 0.2) is 42.5 Å². The van der Waals surface area contributed by atoms with Crippen molar-refractivity contribution in [1.82, 2.24) is 4.90 Å². The fourth-order valence-electron chi connectivity index (χ4n) is 3.78. The Morgan fingerprint density at radius 2 is 1.79 bits per heavy atom. The summed E-state index contributed by atoms with van der Waals surface area (Å²) in [5, 5.41) is 9.69. The van der Waals surface area contributed by atoms with Gasteiger partial charge in [-0.1, -0.05) is 44.5 Å². The van der Waals surface area contributed by atoms with Gasteiger partial charge in [0.1, 0.15) is 0 Å². The summed E-state index contributed by atoms with van der Waals surface area (Å²) < 4.78 is 6.32. The summed E-state index contributed by atoms with van der Waals surface area (Å²) in [6, 6.07) is 10.7. The minimum absolute atomic E-state index is 0.0365. The second-order valence-corrected chi connectivity index (χ2v) is 15.5. The first-order chi connectivity index (χ1) is 15.8. The lowest BCUT2D eigenvalue weighted by Crippen LogP contribution is -2.46. The van der Waals surface area contributed by atoms with E-state index in [-0.39, 0.29) is 35.3 Å². The average molecular weight is 502 g/mol. The van der Waals surface area contributed by atoms with Crippen LogP contribution in [0.5, 0.6) is 0 Å². The number of hydrogen-bond donors (Lipinski definition) is 1. The molecule has 8 heteroatoms. The number of carbonyl (C=O) groups is 3.